The molecule has 108 valence electrons. The molecular formula is C15H26N2O2. The number of ether oxygens (including phenoxy) is 2. The van der Waals surface area contributed by atoms with E-state index in [1.165, 1.54) is 0 Å². The fourth-order valence-electron chi connectivity index (χ4n) is 1.75. The number of aromatic nitrogens is 1. The SMILES string of the molecule is COc1cc(C)nc(CNCCCOCC(C)C)c1. The molecule has 1 N–H and O–H groups in total. The van der Waals surface area contributed by atoms with E-state index in [2.05, 4.69) is 24.1 Å². The molecule has 0 saturated heterocycles. The summed E-state index contributed by atoms with van der Waals surface area (Å²) in [6.45, 7) is 9.67. The number of hydrogen-bond acceptors (Lipinski definition) is 4. The lowest BCUT2D eigenvalue weighted by atomic mass is 10.2. The predicted molar refractivity (Wildman–Crippen MR) is 77.5 cm³/mol. The highest BCUT2D eigenvalue weighted by molar-refractivity contribution is 5.26. The number of methoxy groups -OCH3 is 1. The van der Waals surface area contributed by atoms with Gasteiger partial charge in [0.1, 0.15) is 5.75 Å². The molecule has 1 aromatic heterocycles. The van der Waals surface area contributed by atoms with Crippen molar-refractivity contribution in [1.29, 1.82) is 0 Å². The van der Waals surface area contributed by atoms with Crippen LogP contribution >= 0.6 is 0 Å². The Morgan fingerprint density at radius 2 is 2.11 bits per heavy atom. The minimum Gasteiger partial charge on any atom is -0.497 e. The maximum absolute atomic E-state index is 5.53. The highest BCUT2D eigenvalue weighted by Crippen LogP contribution is 2.12. The van der Waals surface area contributed by atoms with Gasteiger partial charge in [-0.1, -0.05) is 13.8 Å². The zero-order valence-corrected chi connectivity index (χ0v) is 12.5. The number of nitrogens with zero attached hydrogens (tertiary/aromatic N) is 1. The molecule has 0 amide bonds. The van der Waals surface area contributed by atoms with Crippen molar-refractivity contribution in [2.24, 2.45) is 5.92 Å². The summed E-state index contributed by atoms with van der Waals surface area (Å²) in [6.07, 6.45) is 1.02. The first-order chi connectivity index (χ1) is 9.11. The van der Waals surface area contributed by atoms with Crippen LogP contribution in [0, 0.1) is 12.8 Å². The summed E-state index contributed by atoms with van der Waals surface area (Å²) in [5.74, 6) is 1.47. The molecule has 1 aromatic rings. The first-order valence-electron chi connectivity index (χ1n) is 6.92. The van der Waals surface area contributed by atoms with Crippen molar-refractivity contribution >= 4 is 0 Å². The Morgan fingerprint density at radius 3 is 2.79 bits per heavy atom. The maximum atomic E-state index is 5.53. The number of rotatable bonds is 9. The van der Waals surface area contributed by atoms with Gasteiger partial charge in [0.2, 0.25) is 0 Å². The normalized spacial score (nSPS) is 11.0. The molecule has 0 aliphatic heterocycles. The van der Waals surface area contributed by atoms with Crippen LogP contribution in [-0.4, -0.2) is 31.9 Å². The molecule has 0 saturated carbocycles. The average molecular weight is 266 g/mol. The number of hydrogen-bond donors (Lipinski definition) is 1. The molecule has 0 aromatic carbocycles. The summed E-state index contributed by atoms with van der Waals surface area (Å²) < 4.78 is 10.8. The Balaban J connectivity index is 2.17. The van der Waals surface area contributed by atoms with E-state index in [0.29, 0.717) is 5.92 Å². The van der Waals surface area contributed by atoms with E-state index in [1.807, 2.05) is 19.1 Å². The summed E-state index contributed by atoms with van der Waals surface area (Å²) in [6, 6.07) is 3.90. The lowest BCUT2D eigenvalue weighted by molar-refractivity contribution is 0.108. The first kappa shape index (κ1) is 15.9. The zero-order valence-electron chi connectivity index (χ0n) is 12.5. The molecule has 1 rings (SSSR count). The highest BCUT2D eigenvalue weighted by Gasteiger charge is 2.00. The van der Waals surface area contributed by atoms with E-state index in [9.17, 15) is 0 Å². The Kier molecular flexibility index (Phi) is 7.45. The monoisotopic (exact) mass is 266 g/mol. The second kappa shape index (κ2) is 8.88. The maximum Gasteiger partial charge on any atom is 0.122 e. The molecule has 0 bridgehead atoms. The van der Waals surface area contributed by atoms with Gasteiger partial charge in [-0.05, 0) is 25.8 Å². The molecule has 0 fully saturated rings. The largest absolute Gasteiger partial charge is 0.497 e. The van der Waals surface area contributed by atoms with Gasteiger partial charge in [-0.25, -0.2) is 0 Å². The third kappa shape index (κ3) is 7.13. The molecule has 0 spiro atoms. The molecular weight excluding hydrogens is 240 g/mol. The van der Waals surface area contributed by atoms with Gasteiger partial charge in [-0.15, -0.1) is 0 Å². The average Bonchev–Trinajstić information content (AvgIpc) is 2.36. The van der Waals surface area contributed by atoms with Gasteiger partial charge in [0.25, 0.3) is 0 Å². The number of pyridine rings is 1. The van der Waals surface area contributed by atoms with Crippen molar-refractivity contribution in [2.75, 3.05) is 26.9 Å². The Morgan fingerprint density at radius 1 is 1.32 bits per heavy atom. The second-order valence-corrected chi connectivity index (χ2v) is 5.14. The summed E-state index contributed by atoms with van der Waals surface area (Å²) in [5, 5.41) is 3.37. The Bertz CT molecular complexity index is 367. The van der Waals surface area contributed by atoms with E-state index in [4.69, 9.17) is 9.47 Å². The third-order valence-corrected chi connectivity index (χ3v) is 2.62. The van der Waals surface area contributed by atoms with E-state index in [-0.39, 0.29) is 0 Å². The van der Waals surface area contributed by atoms with Gasteiger partial charge < -0.3 is 14.8 Å². The fraction of sp³-hybridized carbons (Fsp3) is 0.667. The lowest BCUT2D eigenvalue weighted by Gasteiger charge is -2.09. The lowest BCUT2D eigenvalue weighted by Crippen LogP contribution is -2.18. The molecule has 0 aliphatic rings. The van der Waals surface area contributed by atoms with Crippen LogP contribution in [0.5, 0.6) is 5.75 Å². The zero-order chi connectivity index (χ0) is 14.1. The summed E-state index contributed by atoms with van der Waals surface area (Å²) in [7, 11) is 1.68. The molecule has 0 aliphatic carbocycles. The van der Waals surface area contributed by atoms with Crippen LogP contribution in [0.1, 0.15) is 31.7 Å². The predicted octanol–water partition coefficient (Wildman–Crippen LogP) is 2.55. The second-order valence-electron chi connectivity index (χ2n) is 5.14. The van der Waals surface area contributed by atoms with E-state index < -0.39 is 0 Å². The van der Waals surface area contributed by atoms with E-state index in [0.717, 1.165) is 49.9 Å². The summed E-state index contributed by atoms with van der Waals surface area (Å²) in [4.78, 5) is 4.47. The fourth-order valence-corrected chi connectivity index (χ4v) is 1.75. The van der Waals surface area contributed by atoms with Gasteiger partial charge in [-0.2, -0.15) is 0 Å². The molecule has 19 heavy (non-hydrogen) atoms. The minimum atomic E-state index is 0.608. The topological polar surface area (TPSA) is 43.4 Å². The van der Waals surface area contributed by atoms with Gasteiger partial charge >= 0.3 is 0 Å². The minimum absolute atomic E-state index is 0.608. The van der Waals surface area contributed by atoms with Crippen LogP contribution < -0.4 is 10.1 Å². The van der Waals surface area contributed by atoms with Crippen molar-refractivity contribution in [3.8, 4) is 5.75 Å². The Labute approximate surface area is 116 Å². The van der Waals surface area contributed by atoms with Crippen LogP contribution in [0.3, 0.4) is 0 Å². The molecule has 0 radical (unpaired) electrons. The number of nitrogens with one attached hydrogen (secondary N) is 1. The smallest absolute Gasteiger partial charge is 0.122 e. The quantitative estimate of drug-likeness (QED) is 0.698. The molecule has 4 nitrogen and oxygen atoms in total. The van der Waals surface area contributed by atoms with Crippen LogP contribution in [0.4, 0.5) is 0 Å². The van der Waals surface area contributed by atoms with E-state index >= 15 is 0 Å². The van der Waals surface area contributed by atoms with Gasteiger partial charge in [-0.3, -0.25) is 4.98 Å². The van der Waals surface area contributed by atoms with Crippen LogP contribution in [0.2, 0.25) is 0 Å². The van der Waals surface area contributed by atoms with Gasteiger partial charge in [0.05, 0.1) is 12.8 Å². The molecule has 0 atom stereocenters. The van der Waals surface area contributed by atoms with Crippen molar-refractivity contribution in [1.82, 2.24) is 10.3 Å². The Hall–Kier alpha value is -1.13. The highest BCUT2D eigenvalue weighted by atomic mass is 16.5. The van der Waals surface area contributed by atoms with Crippen LogP contribution in [-0.2, 0) is 11.3 Å². The first-order valence-corrected chi connectivity index (χ1v) is 6.92. The van der Waals surface area contributed by atoms with Crippen molar-refractivity contribution < 1.29 is 9.47 Å². The van der Waals surface area contributed by atoms with Crippen LogP contribution in [0.25, 0.3) is 0 Å². The van der Waals surface area contributed by atoms with Crippen molar-refractivity contribution in [3.63, 3.8) is 0 Å². The van der Waals surface area contributed by atoms with Gasteiger partial charge in [0.15, 0.2) is 0 Å². The van der Waals surface area contributed by atoms with Crippen molar-refractivity contribution in [3.05, 3.63) is 23.5 Å². The van der Waals surface area contributed by atoms with Gasteiger partial charge in [0, 0.05) is 37.6 Å². The molecule has 4 heteroatoms. The summed E-state index contributed by atoms with van der Waals surface area (Å²) in [5.41, 5.74) is 2.00. The third-order valence-electron chi connectivity index (χ3n) is 2.62. The number of aryl methyl sites for hydroxylation is 1. The summed E-state index contributed by atoms with van der Waals surface area (Å²) >= 11 is 0. The standard InChI is InChI=1S/C15H26N2O2/c1-12(2)11-19-7-5-6-16-10-14-9-15(18-4)8-13(3)17-14/h8-9,12,16H,5-7,10-11H2,1-4H3. The van der Waals surface area contributed by atoms with Crippen LogP contribution in [0.15, 0.2) is 12.1 Å². The molecule has 0 unspecified atom stereocenters. The van der Waals surface area contributed by atoms with Crippen molar-refractivity contribution in [2.45, 2.75) is 33.7 Å². The molecule has 1 heterocycles. The van der Waals surface area contributed by atoms with E-state index in [1.54, 1.807) is 7.11 Å².